The van der Waals surface area contributed by atoms with Crippen LogP contribution in [0.15, 0.2) is 65.5 Å². The van der Waals surface area contributed by atoms with Crippen LogP contribution in [0, 0.1) is 0 Å². The molecule has 7 heteroatoms. The monoisotopic (exact) mass is 436 g/mol. The van der Waals surface area contributed by atoms with E-state index < -0.39 is 5.56 Å². The Balaban J connectivity index is 1.79. The van der Waals surface area contributed by atoms with Crippen molar-refractivity contribution in [2.45, 2.75) is 0 Å². The predicted molar refractivity (Wildman–Crippen MR) is 124 cm³/mol. The van der Waals surface area contributed by atoms with E-state index in [1.807, 2.05) is 43.3 Å². The van der Waals surface area contributed by atoms with E-state index in [1.54, 1.807) is 43.5 Å². The van der Waals surface area contributed by atoms with Crippen LogP contribution in [0.1, 0.15) is 0 Å². The Morgan fingerprint density at radius 1 is 0.968 bits per heavy atom. The van der Waals surface area contributed by atoms with Crippen molar-refractivity contribution >= 4 is 28.2 Å². The lowest BCUT2D eigenvalue weighted by atomic mass is 10.0. The number of aromatic nitrogens is 1. The first-order valence-corrected chi connectivity index (χ1v) is 9.93. The summed E-state index contributed by atoms with van der Waals surface area (Å²) in [4.78, 5) is 17.3. The van der Waals surface area contributed by atoms with Crippen LogP contribution in [-0.2, 0) is 0 Å². The van der Waals surface area contributed by atoms with Crippen LogP contribution in [0.4, 0.5) is 5.69 Å². The highest BCUT2D eigenvalue weighted by molar-refractivity contribution is 6.34. The minimum absolute atomic E-state index is 0.186. The van der Waals surface area contributed by atoms with Gasteiger partial charge < -0.3 is 24.5 Å². The highest BCUT2D eigenvalue weighted by atomic mass is 35.5. The number of methoxy groups -OCH3 is 1. The molecule has 0 fully saturated rings. The number of hydrogen-bond acceptors (Lipinski definition) is 5. The number of rotatable bonds is 5. The van der Waals surface area contributed by atoms with Gasteiger partial charge in [0.15, 0.2) is 5.75 Å². The van der Waals surface area contributed by atoms with Crippen molar-refractivity contribution in [3.8, 4) is 34.1 Å². The Bertz CT molecular complexity index is 1300. The largest absolute Gasteiger partial charge is 0.504 e. The number of H-pyrrole nitrogens is 1. The lowest BCUT2D eigenvalue weighted by molar-refractivity contribution is 0.404. The molecule has 0 amide bonds. The maximum absolute atomic E-state index is 12.5. The van der Waals surface area contributed by atoms with E-state index in [1.165, 1.54) is 0 Å². The molecule has 0 aliphatic rings. The molecular formula is C24H21ClN2O4. The van der Waals surface area contributed by atoms with Crippen LogP contribution < -0.4 is 19.9 Å². The molecule has 1 heterocycles. The number of aromatic amines is 1. The summed E-state index contributed by atoms with van der Waals surface area (Å²) in [6.07, 6.45) is 0. The summed E-state index contributed by atoms with van der Waals surface area (Å²) in [6.45, 7) is 0. The van der Waals surface area contributed by atoms with Crippen LogP contribution in [0.2, 0.25) is 5.02 Å². The molecule has 4 aromatic rings. The van der Waals surface area contributed by atoms with Crippen LogP contribution in [-0.4, -0.2) is 31.3 Å². The molecule has 0 aliphatic carbocycles. The van der Waals surface area contributed by atoms with E-state index in [4.69, 9.17) is 21.1 Å². The first-order chi connectivity index (χ1) is 14.9. The summed E-state index contributed by atoms with van der Waals surface area (Å²) >= 11 is 6.49. The number of halogens is 1. The average Bonchev–Trinajstić information content (AvgIpc) is 2.77. The van der Waals surface area contributed by atoms with E-state index in [2.05, 4.69) is 4.98 Å². The molecule has 6 nitrogen and oxygen atoms in total. The van der Waals surface area contributed by atoms with Gasteiger partial charge in [-0.25, -0.2) is 0 Å². The molecule has 0 aliphatic heterocycles. The van der Waals surface area contributed by atoms with Crippen molar-refractivity contribution in [2.75, 3.05) is 26.1 Å². The van der Waals surface area contributed by atoms with E-state index in [0.29, 0.717) is 27.4 Å². The first-order valence-electron chi connectivity index (χ1n) is 9.55. The molecule has 0 spiro atoms. The lowest BCUT2D eigenvalue weighted by Gasteiger charge is -2.14. The van der Waals surface area contributed by atoms with E-state index in [0.717, 1.165) is 16.8 Å². The van der Waals surface area contributed by atoms with Crippen molar-refractivity contribution in [3.05, 3.63) is 76.0 Å². The number of anilines is 1. The topological polar surface area (TPSA) is 74.8 Å². The SMILES string of the molecule is COc1ccc(Oc2c(O)c3cc(-c4ccc(N(C)C)cc4)c(Cl)cc3[nH]c2=O)cc1. The number of ether oxygens (including phenoxy) is 2. The maximum atomic E-state index is 12.5. The zero-order valence-electron chi connectivity index (χ0n) is 17.3. The Morgan fingerprint density at radius 2 is 1.61 bits per heavy atom. The normalized spacial score (nSPS) is 10.8. The summed E-state index contributed by atoms with van der Waals surface area (Å²) in [7, 11) is 5.50. The zero-order chi connectivity index (χ0) is 22.1. The van der Waals surface area contributed by atoms with Gasteiger partial charge in [0.25, 0.3) is 5.56 Å². The van der Waals surface area contributed by atoms with Gasteiger partial charge in [-0.1, -0.05) is 23.7 Å². The molecule has 0 unspecified atom stereocenters. The van der Waals surface area contributed by atoms with Crippen LogP contribution in [0.25, 0.3) is 22.0 Å². The molecule has 31 heavy (non-hydrogen) atoms. The van der Waals surface area contributed by atoms with E-state index >= 15 is 0 Å². The van der Waals surface area contributed by atoms with Crippen LogP contribution in [0.5, 0.6) is 23.0 Å². The molecule has 2 N–H and O–H groups in total. The number of hydrogen-bond donors (Lipinski definition) is 2. The zero-order valence-corrected chi connectivity index (χ0v) is 18.0. The van der Waals surface area contributed by atoms with Gasteiger partial charge in [0.1, 0.15) is 11.5 Å². The summed E-state index contributed by atoms with van der Waals surface area (Å²) in [6, 6.07) is 18.0. The maximum Gasteiger partial charge on any atom is 0.295 e. The van der Waals surface area contributed by atoms with Gasteiger partial charge in [-0.3, -0.25) is 4.79 Å². The molecule has 158 valence electrons. The van der Waals surface area contributed by atoms with Crippen molar-refractivity contribution in [1.29, 1.82) is 0 Å². The smallest absolute Gasteiger partial charge is 0.295 e. The van der Waals surface area contributed by atoms with Crippen molar-refractivity contribution in [2.24, 2.45) is 0 Å². The van der Waals surface area contributed by atoms with E-state index in [-0.39, 0.29) is 11.5 Å². The minimum atomic E-state index is -0.556. The fourth-order valence-corrected chi connectivity index (χ4v) is 3.57. The number of nitrogens with one attached hydrogen (secondary N) is 1. The third kappa shape index (κ3) is 4.02. The summed E-state index contributed by atoms with van der Waals surface area (Å²) < 4.78 is 10.8. The van der Waals surface area contributed by atoms with Crippen LogP contribution in [0.3, 0.4) is 0 Å². The summed E-state index contributed by atoms with van der Waals surface area (Å²) in [5.74, 6) is 0.615. The predicted octanol–water partition coefficient (Wildman–Crippen LogP) is 5.42. The summed E-state index contributed by atoms with van der Waals surface area (Å²) in [5, 5.41) is 11.7. The second kappa shape index (κ2) is 8.24. The quantitative estimate of drug-likeness (QED) is 0.437. The highest BCUT2D eigenvalue weighted by Crippen LogP contribution is 2.39. The lowest BCUT2D eigenvalue weighted by Crippen LogP contribution is -2.09. The molecule has 3 aromatic carbocycles. The van der Waals surface area contributed by atoms with Gasteiger partial charge in [-0.2, -0.15) is 0 Å². The first kappa shape index (κ1) is 20.6. The fourth-order valence-electron chi connectivity index (χ4n) is 3.30. The third-order valence-electron chi connectivity index (χ3n) is 5.01. The molecule has 1 aromatic heterocycles. The van der Waals surface area contributed by atoms with Gasteiger partial charge >= 0.3 is 0 Å². The van der Waals surface area contributed by atoms with Gasteiger partial charge in [0, 0.05) is 30.7 Å². The minimum Gasteiger partial charge on any atom is -0.504 e. The number of nitrogens with zero attached hydrogens (tertiary/aromatic N) is 1. The number of benzene rings is 3. The second-order valence-corrected chi connectivity index (χ2v) is 7.64. The Labute approximate surface area is 184 Å². The molecule has 0 bridgehead atoms. The standard InChI is InChI=1S/C24H21ClN2O4/c1-27(2)15-6-4-14(5-7-15)18-12-19-21(13-20(18)25)26-24(29)23(22(19)28)31-17-10-8-16(30-3)9-11-17/h4-13H,1-3H3,(H2,26,28,29). The highest BCUT2D eigenvalue weighted by Gasteiger charge is 2.17. The van der Waals surface area contributed by atoms with Crippen molar-refractivity contribution in [3.63, 3.8) is 0 Å². The van der Waals surface area contributed by atoms with Crippen LogP contribution >= 0.6 is 11.6 Å². The Kier molecular flexibility index (Phi) is 5.48. The third-order valence-corrected chi connectivity index (χ3v) is 5.32. The molecule has 4 rings (SSSR count). The molecule has 0 radical (unpaired) electrons. The Hall–Kier alpha value is -3.64. The van der Waals surface area contributed by atoms with Gasteiger partial charge in [0.2, 0.25) is 5.75 Å². The fraction of sp³-hybridized carbons (Fsp3) is 0.125. The second-order valence-electron chi connectivity index (χ2n) is 7.23. The molecule has 0 saturated carbocycles. The molecular weight excluding hydrogens is 416 g/mol. The summed E-state index contributed by atoms with van der Waals surface area (Å²) in [5.41, 5.74) is 2.55. The average molecular weight is 437 g/mol. The van der Waals surface area contributed by atoms with Gasteiger partial charge in [-0.05, 0) is 54.1 Å². The molecule has 0 saturated heterocycles. The number of aromatic hydroxyl groups is 1. The van der Waals surface area contributed by atoms with Gasteiger partial charge in [-0.15, -0.1) is 0 Å². The Morgan fingerprint density at radius 3 is 2.23 bits per heavy atom. The molecule has 0 atom stereocenters. The van der Waals surface area contributed by atoms with Crippen molar-refractivity contribution in [1.82, 2.24) is 4.98 Å². The number of fused-ring (bicyclic) bond motifs is 1. The van der Waals surface area contributed by atoms with Gasteiger partial charge in [0.05, 0.1) is 17.6 Å². The van der Waals surface area contributed by atoms with E-state index in [9.17, 15) is 9.90 Å². The number of pyridine rings is 1. The van der Waals surface area contributed by atoms with Crippen molar-refractivity contribution < 1.29 is 14.6 Å².